The van der Waals surface area contributed by atoms with Gasteiger partial charge in [0.2, 0.25) is 0 Å². The lowest BCUT2D eigenvalue weighted by molar-refractivity contribution is 0.109. The van der Waals surface area contributed by atoms with Crippen LogP contribution in [-0.2, 0) is 0 Å². The van der Waals surface area contributed by atoms with Crippen molar-refractivity contribution in [1.82, 2.24) is 9.38 Å². The van der Waals surface area contributed by atoms with Crippen molar-refractivity contribution in [3.63, 3.8) is 0 Å². The van der Waals surface area contributed by atoms with Gasteiger partial charge in [0, 0.05) is 28.9 Å². The first-order valence-corrected chi connectivity index (χ1v) is 6.06. The Labute approximate surface area is 102 Å². The summed E-state index contributed by atoms with van der Waals surface area (Å²) in [4.78, 5) is 16.3. The Hall–Kier alpha value is -1.88. The Morgan fingerprint density at radius 3 is 2.94 bits per heavy atom. The fourth-order valence-electron chi connectivity index (χ4n) is 2.01. The van der Waals surface area contributed by atoms with Crippen molar-refractivity contribution in [3.8, 4) is 11.3 Å². The second kappa shape index (κ2) is 3.56. The van der Waals surface area contributed by atoms with Gasteiger partial charge in [-0.3, -0.25) is 9.20 Å². The summed E-state index contributed by atoms with van der Waals surface area (Å²) in [6.07, 6.45) is 4.65. The molecule has 0 saturated heterocycles. The van der Waals surface area contributed by atoms with Gasteiger partial charge in [0.25, 0.3) is 0 Å². The summed E-state index contributed by atoms with van der Waals surface area (Å²) in [6.45, 7) is 3.73. The van der Waals surface area contributed by atoms with Gasteiger partial charge in [-0.1, -0.05) is 0 Å². The average molecular weight is 246 g/mol. The van der Waals surface area contributed by atoms with Crippen molar-refractivity contribution in [1.29, 1.82) is 0 Å². The molecule has 0 aromatic carbocycles. The highest BCUT2D eigenvalue weighted by atomic mass is 32.1. The SMILES string of the molecule is Cc1oc(C=O)c(C)c1-c1cn2ccsc2n1. The van der Waals surface area contributed by atoms with Crippen molar-refractivity contribution in [2.45, 2.75) is 13.8 Å². The molecular formula is C12H10N2O2S. The van der Waals surface area contributed by atoms with Crippen molar-refractivity contribution >= 4 is 22.6 Å². The molecule has 5 heteroatoms. The lowest BCUT2D eigenvalue weighted by Crippen LogP contribution is -1.83. The molecule has 0 aliphatic rings. The van der Waals surface area contributed by atoms with Crippen LogP contribution in [0.5, 0.6) is 0 Å². The molecule has 0 fully saturated rings. The highest BCUT2D eigenvalue weighted by Crippen LogP contribution is 2.31. The van der Waals surface area contributed by atoms with E-state index in [1.54, 1.807) is 11.3 Å². The first-order chi connectivity index (χ1) is 8.20. The molecule has 3 rings (SSSR count). The van der Waals surface area contributed by atoms with Crippen LogP contribution in [0.1, 0.15) is 21.9 Å². The molecule has 4 nitrogen and oxygen atoms in total. The largest absolute Gasteiger partial charge is 0.458 e. The molecule has 3 aromatic heterocycles. The zero-order valence-electron chi connectivity index (χ0n) is 9.43. The van der Waals surface area contributed by atoms with Crippen LogP contribution in [0.25, 0.3) is 16.2 Å². The van der Waals surface area contributed by atoms with E-state index in [-0.39, 0.29) is 0 Å². The fraction of sp³-hybridized carbons (Fsp3) is 0.167. The molecule has 3 aromatic rings. The van der Waals surface area contributed by atoms with E-state index in [4.69, 9.17) is 4.42 Å². The quantitative estimate of drug-likeness (QED) is 0.653. The number of furan rings is 1. The molecule has 0 spiro atoms. The summed E-state index contributed by atoms with van der Waals surface area (Å²) in [5.74, 6) is 1.12. The van der Waals surface area contributed by atoms with E-state index < -0.39 is 0 Å². The van der Waals surface area contributed by atoms with Crippen LogP contribution in [0.15, 0.2) is 22.2 Å². The lowest BCUT2D eigenvalue weighted by atomic mass is 10.1. The number of aryl methyl sites for hydroxylation is 1. The Morgan fingerprint density at radius 2 is 2.29 bits per heavy atom. The van der Waals surface area contributed by atoms with Crippen molar-refractivity contribution in [3.05, 3.63) is 34.9 Å². The predicted octanol–water partition coefficient (Wildman–Crippen LogP) is 3.09. The molecule has 0 atom stereocenters. The maximum Gasteiger partial charge on any atom is 0.194 e. The topological polar surface area (TPSA) is 47.5 Å². The fourth-order valence-corrected chi connectivity index (χ4v) is 2.71. The van der Waals surface area contributed by atoms with Gasteiger partial charge in [0.15, 0.2) is 17.0 Å². The maximum absolute atomic E-state index is 10.8. The van der Waals surface area contributed by atoms with Crippen molar-refractivity contribution in [2.24, 2.45) is 0 Å². The Bertz CT molecular complexity index is 677. The second-order valence-electron chi connectivity index (χ2n) is 3.86. The molecule has 0 radical (unpaired) electrons. The molecule has 0 unspecified atom stereocenters. The van der Waals surface area contributed by atoms with Gasteiger partial charge in [-0.2, -0.15) is 0 Å². The third-order valence-electron chi connectivity index (χ3n) is 2.82. The van der Waals surface area contributed by atoms with Crippen molar-refractivity contribution < 1.29 is 9.21 Å². The Balaban J connectivity index is 2.24. The number of rotatable bonds is 2. The van der Waals surface area contributed by atoms with E-state index in [0.717, 1.165) is 33.8 Å². The van der Waals surface area contributed by atoms with Gasteiger partial charge < -0.3 is 4.42 Å². The number of carbonyl (C=O) groups is 1. The first-order valence-electron chi connectivity index (χ1n) is 5.18. The molecule has 0 aliphatic heterocycles. The minimum Gasteiger partial charge on any atom is -0.458 e. The average Bonchev–Trinajstić information content (AvgIpc) is 2.91. The molecule has 86 valence electrons. The third kappa shape index (κ3) is 1.43. The summed E-state index contributed by atoms with van der Waals surface area (Å²) in [7, 11) is 0. The van der Waals surface area contributed by atoms with E-state index in [0.29, 0.717) is 5.76 Å². The number of imidazole rings is 1. The van der Waals surface area contributed by atoms with Gasteiger partial charge in [-0.15, -0.1) is 11.3 Å². The van der Waals surface area contributed by atoms with Gasteiger partial charge in [-0.25, -0.2) is 4.98 Å². The minimum atomic E-state index is 0.383. The minimum absolute atomic E-state index is 0.383. The first kappa shape index (κ1) is 10.3. The van der Waals surface area contributed by atoms with Gasteiger partial charge in [-0.05, 0) is 13.8 Å². The predicted molar refractivity (Wildman–Crippen MR) is 65.6 cm³/mol. The molecule has 3 heterocycles. The highest BCUT2D eigenvalue weighted by Gasteiger charge is 2.17. The third-order valence-corrected chi connectivity index (χ3v) is 3.59. The van der Waals surface area contributed by atoms with E-state index >= 15 is 0 Å². The molecule has 0 saturated carbocycles. The zero-order valence-corrected chi connectivity index (χ0v) is 10.2. The molecule has 0 N–H and O–H groups in total. The monoisotopic (exact) mass is 246 g/mol. The molecule has 0 aliphatic carbocycles. The van der Waals surface area contributed by atoms with Crippen LogP contribution >= 0.6 is 11.3 Å². The van der Waals surface area contributed by atoms with Crippen LogP contribution in [0.4, 0.5) is 0 Å². The van der Waals surface area contributed by atoms with Gasteiger partial charge in [0.05, 0.1) is 5.69 Å². The standard InChI is InChI=1S/C12H10N2O2S/c1-7-10(6-15)16-8(2)11(7)9-5-14-3-4-17-12(14)13-9/h3-6H,1-2H3. The van der Waals surface area contributed by atoms with Crippen LogP contribution in [0.2, 0.25) is 0 Å². The molecule has 0 bridgehead atoms. The van der Waals surface area contributed by atoms with E-state index in [2.05, 4.69) is 4.98 Å². The van der Waals surface area contributed by atoms with Crippen molar-refractivity contribution in [2.75, 3.05) is 0 Å². The second-order valence-corrected chi connectivity index (χ2v) is 4.73. The van der Waals surface area contributed by atoms with Gasteiger partial charge >= 0.3 is 0 Å². The number of carbonyl (C=O) groups excluding carboxylic acids is 1. The Kier molecular flexibility index (Phi) is 2.16. The summed E-state index contributed by atoms with van der Waals surface area (Å²) in [5, 5.41) is 1.98. The summed E-state index contributed by atoms with van der Waals surface area (Å²) >= 11 is 1.58. The maximum atomic E-state index is 10.8. The zero-order chi connectivity index (χ0) is 12.0. The number of fused-ring (bicyclic) bond motifs is 1. The number of nitrogens with zero attached hydrogens (tertiary/aromatic N) is 2. The van der Waals surface area contributed by atoms with E-state index in [9.17, 15) is 4.79 Å². The van der Waals surface area contributed by atoms with Crippen LogP contribution in [0.3, 0.4) is 0 Å². The number of aromatic nitrogens is 2. The van der Waals surface area contributed by atoms with Gasteiger partial charge in [0.1, 0.15) is 5.76 Å². The summed E-state index contributed by atoms with van der Waals surface area (Å²) in [6, 6.07) is 0. The smallest absolute Gasteiger partial charge is 0.194 e. The molecular weight excluding hydrogens is 236 g/mol. The number of thiazole rings is 1. The lowest BCUT2D eigenvalue weighted by Gasteiger charge is -1.94. The molecule has 17 heavy (non-hydrogen) atoms. The number of hydrogen-bond donors (Lipinski definition) is 0. The van der Waals surface area contributed by atoms with Crippen LogP contribution < -0.4 is 0 Å². The highest BCUT2D eigenvalue weighted by molar-refractivity contribution is 7.15. The van der Waals surface area contributed by atoms with Crippen LogP contribution in [0, 0.1) is 13.8 Å². The van der Waals surface area contributed by atoms with Crippen LogP contribution in [-0.4, -0.2) is 15.7 Å². The summed E-state index contributed by atoms with van der Waals surface area (Å²) < 4.78 is 7.37. The Morgan fingerprint density at radius 1 is 1.47 bits per heavy atom. The number of aldehydes is 1. The summed E-state index contributed by atoms with van der Waals surface area (Å²) in [5.41, 5.74) is 2.62. The molecule has 0 amide bonds. The normalized spacial score (nSPS) is 11.2. The van der Waals surface area contributed by atoms with E-state index in [1.807, 2.05) is 36.0 Å². The number of hydrogen-bond acceptors (Lipinski definition) is 4. The van der Waals surface area contributed by atoms with E-state index in [1.165, 1.54) is 0 Å².